The van der Waals surface area contributed by atoms with Crippen LogP contribution in [0.1, 0.15) is 52.5 Å². The van der Waals surface area contributed by atoms with E-state index in [0.29, 0.717) is 23.6 Å². The second kappa shape index (κ2) is 9.48. The minimum atomic E-state index is -1.34. The normalized spacial score (nSPS) is 24.2. The lowest BCUT2D eigenvalue weighted by Crippen LogP contribution is -2.53. The minimum absolute atomic E-state index is 0.0912. The summed E-state index contributed by atoms with van der Waals surface area (Å²) >= 11 is 6.11. The molecule has 176 valence electrons. The van der Waals surface area contributed by atoms with Crippen LogP contribution in [-0.4, -0.2) is 43.5 Å². The number of halogens is 2. The molecule has 1 aliphatic carbocycles. The molecule has 2 fully saturated rings. The lowest BCUT2D eigenvalue weighted by Gasteiger charge is -2.37. The summed E-state index contributed by atoms with van der Waals surface area (Å²) in [6.07, 6.45) is 1.18. The van der Waals surface area contributed by atoms with Gasteiger partial charge in [0.25, 0.3) is 0 Å². The van der Waals surface area contributed by atoms with Crippen LogP contribution in [0.25, 0.3) is 0 Å². The van der Waals surface area contributed by atoms with Crippen molar-refractivity contribution in [3.63, 3.8) is 0 Å². The SMILES string of the molecule is CCOC(=O)C(C(=O)OCC)C(CC)(CC)C(=O)C1NC[C@@]2(c3cc(Cl)ccc3F)C[C@@H]12. The van der Waals surface area contributed by atoms with Gasteiger partial charge < -0.3 is 14.8 Å². The summed E-state index contributed by atoms with van der Waals surface area (Å²) < 4.78 is 24.9. The van der Waals surface area contributed by atoms with Crippen LogP contribution in [0.15, 0.2) is 18.2 Å². The molecule has 0 amide bonds. The van der Waals surface area contributed by atoms with Gasteiger partial charge >= 0.3 is 11.9 Å². The molecule has 0 bridgehead atoms. The first kappa shape index (κ1) is 24.6. The summed E-state index contributed by atoms with van der Waals surface area (Å²) in [5, 5.41) is 3.69. The molecule has 8 heteroatoms. The van der Waals surface area contributed by atoms with Gasteiger partial charge in [-0.3, -0.25) is 14.4 Å². The van der Waals surface area contributed by atoms with Crippen molar-refractivity contribution in [2.75, 3.05) is 19.8 Å². The number of carbonyl (C=O) groups excluding carboxylic acids is 3. The highest BCUT2D eigenvalue weighted by atomic mass is 35.5. The van der Waals surface area contributed by atoms with Crippen molar-refractivity contribution in [2.24, 2.45) is 17.3 Å². The fourth-order valence-electron chi connectivity index (χ4n) is 5.42. The van der Waals surface area contributed by atoms with Crippen molar-refractivity contribution < 1.29 is 28.2 Å². The number of ether oxygens (including phenoxy) is 2. The number of esters is 2. The van der Waals surface area contributed by atoms with Crippen molar-refractivity contribution in [1.29, 1.82) is 0 Å². The zero-order chi connectivity index (χ0) is 23.7. The molecule has 1 N–H and O–H groups in total. The average molecular weight is 468 g/mol. The second-order valence-electron chi connectivity index (χ2n) is 8.61. The Morgan fingerprint density at radius 2 is 1.75 bits per heavy atom. The summed E-state index contributed by atoms with van der Waals surface area (Å²) in [6.45, 7) is 7.49. The Kier molecular flexibility index (Phi) is 7.30. The van der Waals surface area contributed by atoms with Gasteiger partial charge in [-0.2, -0.15) is 0 Å². The first-order valence-electron chi connectivity index (χ1n) is 11.3. The van der Waals surface area contributed by atoms with Crippen molar-refractivity contribution in [3.8, 4) is 0 Å². The van der Waals surface area contributed by atoms with Crippen LogP contribution in [0, 0.1) is 23.1 Å². The number of ketones is 1. The number of carbonyl (C=O) groups is 3. The third kappa shape index (κ3) is 3.94. The maximum absolute atomic E-state index is 14.6. The maximum atomic E-state index is 14.6. The minimum Gasteiger partial charge on any atom is -0.465 e. The average Bonchev–Trinajstić information content (AvgIpc) is 3.38. The number of rotatable bonds is 10. The molecule has 0 radical (unpaired) electrons. The Labute approximate surface area is 193 Å². The highest BCUT2D eigenvalue weighted by Gasteiger charge is 2.67. The number of nitrogens with one attached hydrogen (secondary N) is 1. The predicted octanol–water partition coefficient (Wildman–Crippen LogP) is 3.83. The van der Waals surface area contributed by atoms with Gasteiger partial charge in [-0.25, -0.2) is 4.39 Å². The Morgan fingerprint density at radius 3 is 2.25 bits per heavy atom. The Bertz CT molecular complexity index is 884. The Morgan fingerprint density at radius 1 is 1.16 bits per heavy atom. The lowest BCUT2D eigenvalue weighted by molar-refractivity contribution is -0.172. The van der Waals surface area contributed by atoms with Crippen LogP contribution in [0.4, 0.5) is 4.39 Å². The van der Waals surface area contributed by atoms with Crippen LogP contribution in [0.3, 0.4) is 0 Å². The van der Waals surface area contributed by atoms with Gasteiger partial charge in [-0.15, -0.1) is 0 Å². The molecule has 6 nitrogen and oxygen atoms in total. The molecular formula is C24H31ClFNO5. The van der Waals surface area contributed by atoms with Gasteiger partial charge in [-0.05, 0) is 62.8 Å². The standard InChI is InChI=1S/C24H31ClFNO5/c1-5-23(6-2,18(21(29)31-7-3)22(30)32-8-4)20(28)19-16-12-24(16,13-27-19)15-11-14(25)9-10-17(15)26/h9-11,16,18-19,27H,5-8,12-13H2,1-4H3/t16-,19?,24+/m0/s1. The van der Waals surface area contributed by atoms with E-state index in [2.05, 4.69) is 5.32 Å². The van der Waals surface area contributed by atoms with Crippen LogP contribution in [-0.2, 0) is 29.3 Å². The summed E-state index contributed by atoms with van der Waals surface area (Å²) in [4.78, 5) is 39.6. The fraction of sp³-hybridized carbons (Fsp3) is 0.625. The van der Waals surface area contributed by atoms with Crippen molar-refractivity contribution in [1.82, 2.24) is 5.32 Å². The summed E-state index contributed by atoms with van der Waals surface area (Å²) in [6, 6.07) is 3.87. The number of piperidine rings is 1. The molecule has 1 aromatic carbocycles. The van der Waals surface area contributed by atoms with E-state index in [4.69, 9.17) is 21.1 Å². The summed E-state index contributed by atoms with van der Waals surface area (Å²) in [7, 11) is 0. The van der Waals surface area contributed by atoms with Gasteiger partial charge in [0.1, 0.15) is 5.82 Å². The third-order valence-corrected chi connectivity index (χ3v) is 7.51. The smallest absolute Gasteiger partial charge is 0.321 e. The second-order valence-corrected chi connectivity index (χ2v) is 9.05. The van der Waals surface area contributed by atoms with Crippen molar-refractivity contribution >= 4 is 29.3 Å². The van der Waals surface area contributed by atoms with Crippen molar-refractivity contribution in [3.05, 3.63) is 34.6 Å². The highest BCUT2D eigenvalue weighted by Crippen LogP contribution is 2.61. The molecule has 2 aliphatic rings. The number of hydrogen-bond donors (Lipinski definition) is 1. The van der Waals surface area contributed by atoms with E-state index in [-0.39, 0.29) is 43.6 Å². The first-order chi connectivity index (χ1) is 15.2. The molecule has 3 rings (SSSR count). The Hall–Kier alpha value is -1.99. The van der Waals surface area contributed by atoms with Gasteiger partial charge in [0.05, 0.1) is 24.7 Å². The molecule has 1 aliphatic heterocycles. The number of hydrogen-bond acceptors (Lipinski definition) is 6. The van der Waals surface area contributed by atoms with Gasteiger partial charge in [0.2, 0.25) is 0 Å². The van der Waals surface area contributed by atoms with E-state index in [9.17, 15) is 18.8 Å². The quantitative estimate of drug-likeness (QED) is 0.416. The topological polar surface area (TPSA) is 81.7 Å². The van der Waals surface area contributed by atoms with E-state index in [1.54, 1.807) is 33.8 Å². The third-order valence-electron chi connectivity index (χ3n) is 7.27. The number of benzene rings is 1. The van der Waals surface area contributed by atoms with Crippen LogP contribution in [0.2, 0.25) is 5.02 Å². The van der Waals surface area contributed by atoms with E-state index < -0.39 is 34.7 Å². The molecular weight excluding hydrogens is 437 g/mol. The Balaban J connectivity index is 1.95. The zero-order valence-electron chi connectivity index (χ0n) is 19.0. The van der Waals surface area contributed by atoms with Crippen LogP contribution < -0.4 is 5.32 Å². The van der Waals surface area contributed by atoms with E-state index in [1.165, 1.54) is 12.1 Å². The largest absolute Gasteiger partial charge is 0.465 e. The number of Topliss-reactive ketones (excluding diaryl/α,β-unsaturated/α-hetero) is 1. The van der Waals surface area contributed by atoms with E-state index >= 15 is 0 Å². The van der Waals surface area contributed by atoms with Gasteiger partial charge in [0.15, 0.2) is 11.7 Å². The molecule has 1 heterocycles. The van der Waals surface area contributed by atoms with Gasteiger partial charge in [-0.1, -0.05) is 25.4 Å². The molecule has 1 aromatic rings. The molecule has 32 heavy (non-hydrogen) atoms. The maximum Gasteiger partial charge on any atom is 0.321 e. The summed E-state index contributed by atoms with van der Waals surface area (Å²) in [5.41, 5.74) is -1.28. The van der Waals surface area contributed by atoms with Crippen LogP contribution in [0.5, 0.6) is 0 Å². The van der Waals surface area contributed by atoms with Gasteiger partial charge in [0, 0.05) is 17.0 Å². The molecule has 1 saturated heterocycles. The first-order valence-corrected chi connectivity index (χ1v) is 11.7. The predicted molar refractivity (Wildman–Crippen MR) is 118 cm³/mol. The lowest BCUT2D eigenvalue weighted by atomic mass is 9.65. The van der Waals surface area contributed by atoms with Crippen LogP contribution >= 0.6 is 11.6 Å². The van der Waals surface area contributed by atoms with E-state index in [1.807, 2.05) is 0 Å². The molecule has 1 unspecified atom stereocenters. The van der Waals surface area contributed by atoms with E-state index in [0.717, 1.165) is 0 Å². The molecule has 3 atom stereocenters. The molecule has 0 aromatic heterocycles. The molecule has 1 saturated carbocycles. The zero-order valence-corrected chi connectivity index (χ0v) is 19.8. The highest BCUT2D eigenvalue weighted by molar-refractivity contribution is 6.30. The monoisotopic (exact) mass is 467 g/mol. The molecule has 0 spiro atoms. The summed E-state index contributed by atoms with van der Waals surface area (Å²) in [5.74, 6) is -3.54. The number of fused-ring (bicyclic) bond motifs is 1. The van der Waals surface area contributed by atoms with Crippen molar-refractivity contribution in [2.45, 2.75) is 58.4 Å². The fourth-order valence-corrected chi connectivity index (χ4v) is 5.60.